The van der Waals surface area contributed by atoms with Gasteiger partial charge in [-0.25, -0.2) is 0 Å². The summed E-state index contributed by atoms with van der Waals surface area (Å²) >= 11 is 5.81. The van der Waals surface area contributed by atoms with Gasteiger partial charge in [-0.1, -0.05) is 23.7 Å². The number of aromatic nitrogens is 2. The van der Waals surface area contributed by atoms with Crippen LogP contribution in [0.1, 0.15) is 40.2 Å². The van der Waals surface area contributed by atoms with Gasteiger partial charge in [0.2, 0.25) is 0 Å². The number of nitrogens with zero attached hydrogens (tertiary/aromatic N) is 2. The summed E-state index contributed by atoms with van der Waals surface area (Å²) in [7, 11) is 0. The first-order valence-corrected chi connectivity index (χ1v) is 7.68. The Morgan fingerprint density at radius 3 is 2.52 bits per heavy atom. The zero-order valence-corrected chi connectivity index (χ0v) is 12.9. The van der Waals surface area contributed by atoms with Crippen LogP contribution < -0.4 is 0 Å². The Hall–Kier alpha value is -1.82. The fourth-order valence-corrected chi connectivity index (χ4v) is 2.98. The van der Waals surface area contributed by atoms with Crippen LogP contribution in [0, 0.1) is 0 Å². The van der Waals surface area contributed by atoms with E-state index in [0.29, 0.717) is 36.5 Å². The molecule has 0 bridgehead atoms. The Morgan fingerprint density at radius 1 is 1.17 bits per heavy atom. The first-order chi connectivity index (χ1) is 10.9. The second-order valence-electron chi connectivity index (χ2n) is 5.54. The van der Waals surface area contributed by atoms with Crippen LogP contribution in [0.4, 0.5) is 13.2 Å². The van der Waals surface area contributed by atoms with Crippen LogP contribution in [-0.2, 0) is 25.6 Å². The molecule has 1 aliphatic carbocycles. The molecular weight excluding hydrogens is 329 g/mol. The van der Waals surface area contributed by atoms with Crippen molar-refractivity contribution in [2.24, 2.45) is 0 Å². The molecule has 0 aliphatic heterocycles. The molecule has 0 saturated carbocycles. The van der Waals surface area contributed by atoms with Gasteiger partial charge in [-0.05, 0) is 37.0 Å². The van der Waals surface area contributed by atoms with E-state index in [1.807, 2.05) is 12.1 Å². The minimum absolute atomic E-state index is 0.152. The quantitative estimate of drug-likeness (QED) is 0.832. The fourth-order valence-electron chi connectivity index (χ4n) is 2.85. The molecule has 1 aliphatic rings. The highest BCUT2D eigenvalue weighted by Crippen LogP contribution is 2.35. The first kappa shape index (κ1) is 16.1. The van der Waals surface area contributed by atoms with Gasteiger partial charge in [0.1, 0.15) is 0 Å². The zero-order chi connectivity index (χ0) is 16.6. The Kier molecular flexibility index (Phi) is 4.19. The minimum Gasteiger partial charge on any atom is -0.294 e. The van der Waals surface area contributed by atoms with E-state index in [4.69, 9.17) is 11.6 Å². The van der Waals surface area contributed by atoms with Crippen molar-refractivity contribution >= 4 is 17.4 Å². The maximum Gasteiger partial charge on any atom is 0.435 e. The molecule has 0 amide bonds. The van der Waals surface area contributed by atoms with Crippen LogP contribution in [0.25, 0.3) is 0 Å². The molecular formula is C16H14ClF3N2O. The van der Waals surface area contributed by atoms with Crippen molar-refractivity contribution in [3.05, 3.63) is 51.8 Å². The van der Waals surface area contributed by atoms with Crippen LogP contribution >= 0.6 is 11.6 Å². The van der Waals surface area contributed by atoms with E-state index in [-0.39, 0.29) is 12.0 Å². The van der Waals surface area contributed by atoms with E-state index in [9.17, 15) is 18.0 Å². The Morgan fingerprint density at radius 2 is 1.87 bits per heavy atom. The highest BCUT2D eigenvalue weighted by molar-refractivity contribution is 6.30. The average Bonchev–Trinajstić information content (AvgIpc) is 2.87. The molecule has 0 N–H and O–H groups in total. The van der Waals surface area contributed by atoms with E-state index >= 15 is 0 Å². The Labute approximate surface area is 136 Å². The lowest BCUT2D eigenvalue weighted by Crippen LogP contribution is -2.17. The lowest BCUT2D eigenvalue weighted by atomic mass is 9.94. The fraction of sp³-hybridized carbons (Fsp3) is 0.375. The molecule has 3 nitrogen and oxygen atoms in total. The largest absolute Gasteiger partial charge is 0.435 e. The van der Waals surface area contributed by atoms with Gasteiger partial charge in [0.05, 0.1) is 5.56 Å². The number of carbonyl (C=O) groups is 1. The van der Waals surface area contributed by atoms with Gasteiger partial charge in [-0.15, -0.1) is 0 Å². The molecule has 0 saturated heterocycles. The van der Waals surface area contributed by atoms with E-state index in [0.717, 1.165) is 5.56 Å². The van der Waals surface area contributed by atoms with Crippen molar-refractivity contribution < 1.29 is 18.0 Å². The Bertz CT molecular complexity index is 735. The number of alkyl halides is 3. The highest BCUT2D eigenvalue weighted by Gasteiger charge is 2.42. The van der Waals surface area contributed by atoms with Gasteiger partial charge >= 0.3 is 6.18 Å². The van der Waals surface area contributed by atoms with Crippen molar-refractivity contribution in [3.63, 3.8) is 0 Å². The lowest BCUT2D eigenvalue weighted by molar-refractivity contribution is -0.141. The molecule has 2 aromatic rings. The van der Waals surface area contributed by atoms with Crippen LogP contribution in [-0.4, -0.2) is 15.6 Å². The lowest BCUT2D eigenvalue weighted by Gasteiger charge is -2.14. The van der Waals surface area contributed by atoms with Gasteiger partial charge in [-0.2, -0.15) is 18.3 Å². The summed E-state index contributed by atoms with van der Waals surface area (Å²) < 4.78 is 40.7. The molecule has 0 unspecified atom stereocenters. The predicted octanol–water partition coefficient (Wildman–Crippen LogP) is 4.32. The van der Waals surface area contributed by atoms with Crippen molar-refractivity contribution in [2.75, 3.05) is 0 Å². The molecule has 1 aromatic heterocycles. The van der Waals surface area contributed by atoms with Crippen LogP contribution in [0.15, 0.2) is 24.3 Å². The summed E-state index contributed by atoms with van der Waals surface area (Å²) in [6, 6.07) is 7.13. The first-order valence-electron chi connectivity index (χ1n) is 7.31. The van der Waals surface area contributed by atoms with Gasteiger partial charge in [0.25, 0.3) is 0 Å². The second kappa shape index (κ2) is 6.00. The number of hydrogen-bond acceptors (Lipinski definition) is 2. The standard InChI is InChI=1S/C16H14ClF3N2O/c17-11-6-4-10(5-7-11)8-9-22-12-2-1-3-13(23)14(12)15(21-22)16(18,19)20/h4-7H,1-3,8-9H2. The van der Waals surface area contributed by atoms with Crippen LogP contribution in [0.2, 0.25) is 5.02 Å². The maximum atomic E-state index is 13.1. The number of carbonyl (C=O) groups excluding carboxylic acids is 1. The van der Waals surface area contributed by atoms with Crippen molar-refractivity contribution in [2.45, 2.75) is 38.4 Å². The van der Waals surface area contributed by atoms with Gasteiger partial charge < -0.3 is 0 Å². The zero-order valence-electron chi connectivity index (χ0n) is 12.2. The normalized spacial score (nSPS) is 14.9. The van der Waals surface area contributed by atoms with Crippen molar-refractivity contribution in [1.82, 2.24) is 9.78 Å². The third kappa shape index (κ3) is 3.27. The van der Waals surface area contributed by atoms with E-state index in [1.54, 1.807) is 12.1 Å². The summed E-state index contributed by atoms with van der Waals surface area (Å²) in [5.74, 6) is -0.462. The van der Waals surface area contributed by atoms with E-state index in [1.165, 1.54) is 4.68 Å². The molecule has 0 fully saturated rings. The smallest absolute Gasteiger partial charge is 0.294 e. The molecule has 3 rings (SSSR count). The van der Waals surface area contributed by atoms with Gasteiger partial charge in [-0.3, -0.25) is 9.48 Å². The predicted molar refractivity (Wildman–Crippen MR) is 79.7 cm³/mol. The van der Waals surface area contributed by atoms with Gasteiger partial charge in [0.15, 0.2) is 11.5 Å². The molecule has 122 valence electrons. The summed E-state index contributed by atoms with van der Waals surface area (Å²) in [6.45, 7) is 0.299. The SMILES string of the molecule is O=C1CCCc2c1c(C(F)(F)F)nn2CCc1ccc(Cl)cc1. The second-order valence-corrected chi connectivity index (χ2v) is 5.98. The van der Waals surface area contributed by atoms with Gasteiger partial charge in [0, 0.05) is 23.7 Å². The summed E-state index contributed by atoms with van der Waals surface area (Å²) in [4.78, 5) is 11.9. The van der Waals surface area contributed by atoms with Crippen LogP contribution in [0.5, 0.6) is 0 Å². The molecule has 7 heteroatoms. The van der Waals surface area contributed by atoms with E-state index < -0.39 is 17.7 Å². The maximum absolute atomic E-state index is 13.1. The summed E-state index contributed by atoms with van der Waals surface area (Å²) in [5.41, 5.74) is 0.0741. The topological polar surface area (TPSA) is 34.9 Å². The molecule has 23 heavy (non-hydrogen) atoms. The van der Waals surface area contributed by atoms with Crippen LogP contribution in [0.3, 0.4) is 0 Å². The van der Waals surface area contributed by atoms with Crippen molar-refractivity contribution in [1.29, 1.82) is 0 Å². The monoisotopic (exact) mass is 342 g/mol. The number of halogens is 4. The molecule has 1 aromatic carbocycles. The average molecular weight is 343 g/mol. The number of aryl methyl sites for hydroxylation is 2. The summed E-state index contributed by atoms with van der Waals surface area (Å²) in [6.07, 6.45) is -2.92. The third-order valence-electron chi connectivity index (χ3n) is 3.95. The molecule has 1 heterocycles. The highest BCUT2D eigenvalue weighted by atomic mass is 35.5. The molecule has 0 spiro atoms. The number of benzene rings is 1. The number of ketones is 1. The molecule has 0 radical (unpaired) electrons. The van der Waals surface area contributed by atoms with E-state index in [2.05, 4.69) is 5.10 Å². The summed E-state index contributed by atoms with van der Waals surface area (Å²) in [5, 5.41) is 4.30. The Balaban J connectivity index is 1.90. The number of hydrogen-bond donors (Lipinski definition) is 0. The number of fused-ring (bicyclic) bond motifs is 1. The molecule has 0 atom stereocenters. The van der Waals surface area contributed by atoms with Crippen molar-refractivity contribution in [3.8, 4) is 0 Å². The third-order valence-corrected chi connectivity index (χ3v) is 4.20. The number of Topliss-reactive ketones (excluding diaryl/α,β-unsaturated/α-hetero) is 1. The number of rotatable bonds is 3. The minimum atomic E-state index is -4.61.